The van der Waals surface area contributed by atoms with Crippen molar-refractivity contribution in [3.05, 3.63) is 17.5 Å². The second-order valence-electron chi connectivity index (χ2n) is 6.57. The van der Waals surface area contributed by atoms with E-state index < -0.39 is 0 Å². The summed E-state index contributed by atoms with van der Waals surface area (Å²) >= 11 is 0. The van der Waals surface area contributed by atoms with Gasteiger partial charge in [-0.15, -0.1) is 0 Å². The number of nitrogens with zero attached hydrogens (tertiary/aromatic N) is 3. The summed E-state index contributed by atoms with van der Waals surface area (Å²) in [6.07, 6.45) is 2.93. The summed E-state index contributed by atoms with van der Waals surface area (Å²) in [5.74, 6) is 0.542. The molecular formula is C16H28N4O2. The van der Waals surface area contributed by atoms with Crippen LogP contribution in [0, 0.1) is 12.8 Å². The smallest absolute Gasteiger partial charge is 0.318 e. The maximum absolute atomic E-state index is 12.6. The van der Waals surface area contributed by atoms with Crippen molar-refractivity contribution < 1.29 is 9.53 Å². The first-order valence-electron chi connectivity index (χ1n) is 8.03. The van der Waals surface area contributed by atoms with Crippen molar-refractivity contribution in [1.82, 2.24) is 20.0 Å². The molecule has 0 aromatic carbocycles. The van der Waals surface area contributed by atoms with Gasteiger partial charge in [0.2, 0.25) is 0 Å². The topological polar surface area (TPSA) is 59.4 Å². The molecule has 1 N–H and O–H groups in total. The normalized spacial score (nSPS) is 20.3. The van der Waals surface area contributed by atoms with Crippen LogP contribution < -0.4 is 5.32 Å². The Kier molecular flexibility index (Phi) is 5.45. The maximum atomic E-state index is 12.6. The maximum Gasteiger partial charge on any atom is 0.318 e. The number of amides is 2. The molecule has 2 rings (SSSR count). The number of hydrogen-bond acceptors (Lipinski definition) is 3. The van der Waals surface area contributed by atoms with E-state index in [0.29, 0.717) is 25.7 Å². The second kappa shape index (κ2) is 7.13. The molecule has 0 spiro atoms. The van der Waals surface area contributed by atoms with Gasteiger partial charge in [0.25, 0.3) is 0 Å². The van der Waals surface area contributed by atoms with Gasteiger partial charge in [0.15, 0.2) is 0 Å². The fourth-order valence-electron chi connectivity index (χ4n) is 3.05. The van der Waals surface area contributed by atoms with Gasteiger partial charge >= 0.3 is 6.03 Å². The van der Waals surface area contributed by atoms with Crippen LogP contribution in [0.2, 0.25) is 0 Å². The Labute approximate surface area is 132 Å². The molecule has 1 aromatic heterocycles. The Morgan fingerprint density at radius 3 is 2.82 bits per heavy atom. The zero-order valence-electron chi connectivity index (χ0n) is 14.3. The Bertz CT molecular complexity index is 512. The van der Waals surface area contributed by atoms with Crippen LogP contribution in [0.1, 0.15) is 44.5 Å². The number of hydrogen-bond donors (Lipinski definition) is 1. The lowest BCUT2D eigenvalue weighted by atomic mass is 10.0. The largest absolute Gasteiger partial charge is 0.377 e. The second-order valence-corrected chi connectivity index (χ2v) is 6.57. The Hall–Kier alpha value is -1.56. The molecule has 6 nitrogen and oxygen atoms in total. The molecule has 6 heteroatoms. The summed E-state index contributed by atoms with van der Waals surface area (Å²) in [7, 11) is 1.89. The zero-order valence-corrected chi connectivity index (χ0v) is 14.3. The van der Waals surface area contributed by atoms with Crippen molar-refractivity contribution in [2.24, 2.45) is 13.0 Å². The minimum absolute atomic E-state index is 0.00953. The van der Waals surface area contributed by atoms with Crippen LogP contribution in [0.3, 0.4) is 0 Å². The van der Waals surface area contributed by atoms with Gasteiger partial charge in [-0.3, -0.25) is 4.68 Å². The van der Waals surface area contributed by atoms with Gasteiger partial charge in [0, 0.05) is 25.4 Å². The first-order chi connectivity index (χ1) is 10.4. The Morgan fingerprint density at radius 2 is 2.23 bits per heavy atom. The first-order valence-corrected chi connectivity index (χ1v) is 8.03. The lowest BCUT2D eigenvalue weighted by molar-refractivity contribution is 0.00509. The Balaban J connectivity index is 2.01. The van der Waals surface area contributed by atoms with E-state index >= 15 is 0 Å². The highest BCUT2D eigenvalue weighted by atomic mass is 16.5. The van der Waals surface area contributed by atoms with Gasteiger partial charge in [-0.05, 0) is 26.2 Å². The molecule has 0 unspecified atom stereocenters. The number of aryl methyl sites for hydroxylation is 2. The molecule has 1 saturated heterocycles. The fraction of sp³-hybridized carbons (Fsp3) is 0.750. The van der Waals surface area contributed by atoms with Crippen molar-refractivity contribution in [3.63, 3.8) is 0 Å². The fourth-order valence-corrected chi connectivity index (χ4v) is 3.05. The van der Waals surface area contributed by atoms with Crippen molar-refractivity contribution in [2.75, 3.05) is 19.8 Å². The number of urea groups is 1. The minimum Gasteiger partial charge on any atom is -0.377 e. The lowest BCUT2D eigenvalue weighted by Crippen LogP contribution is -2.53. The molecule has 1 aromatic rings. The summed E-state index contributed by atoms with van der Waals surface area (Å²) in [5, 5.41) is 7.44. The summed E-state index contributed by atoms with van der Waals surface area (Å²) < 4.78 is 7.32. The highest BCUT2D eigenvalue weighted by Gasteiger charge is 2.29. The van der Waals surface area contributed by atoms with E-state index in [2.05, 4.69) is 24.3 Å². The Morgan fingerprint density at radius 1 is 1.50 bits per heavy atom. The van der Waals surface area contributed by atoms with Gasteiger partial charge in [-0.2, -0.15) is 5.10 Å². The molecule has 0 saturated carbocycles. The van der Waals surface area contributed by atoms with Crippen molar-refractivity contribution in [1.29, 1.82) is 0 Å². The highest BCUT2D eigenvalue weighted by molar-refractivity contribution is 5.75. The number of nitrogens with one attached hydrogen (secondary N) is 1. The quantitative estimate of drug-likeness (QED) is 0.928. The van der Waals surface area contributed by atoms with E-state index in [4.69, 9.17) is 4.74 Å². The minimum atomic E-state index is -0.0521. The van der Waals surface area contributed by atoms with Gasteiger partial charge in [-0.1, -0.05) is 13.8 Å². The average molecular weight is 308 g/mol. The van der Waals surface area contributed by atoms with E-state index in [1.807, 2.05) is 32.0 Å². The summed E-state index contributed by atoms with van der Waals surface area (Å²) in [6, 6.07) is 0.101. The molecule has 2 amide bonds. The monoisotopic (exact) mass is 308 g/mol. The van der Waals surface area contributed by atoms with Crippen LogP contribution in [0.25, 0.3) is 0 Å². The van der Waals surface area contributed by atoms with Crippen LogP contribution in [0.5, 0.6) is 0 Å². The standard InChI is InChI=1S/C16H28N4O2/c1-11(2)8-14-10-22-7-6-20(14)16(21)17-12(3)15-9-19(5)18-13(15)4/h9,11-12,14H,6-8,10H2,1-5H3,(H,17,21)/t12-,14-/m1/s1. The van der Waals surface area contributed by atoms with Gasteiger partial charge in [0.05, 0.1) is 31.0 Å². The number of ether oxygens (including phenoxy) is 1. The predicted molar refractivity (Wildman–Crippen MR) is 85.7 cm³/mol. The summed E-state index contributed by atoms with van der Waals surface area (Å²) in [4.78, 5) is 14.5. The number of carbonyl (C=O) groups excluding carboxylic acids is 1. The van der Waals surface area contributed by atoms with Gasteiger partial charge in [-0.25, -0.2) is 4.79 Å². The van der Waals surface area contributed by atoms with Gasteiger partial charge in [0.1, 0.15) is 0 Å². The zero-order chi connectivity index (χ0) is 16.3. The SMILES string of the molecule is Cc1nn(C)cc1[C@@H](C)NC(=O)N1CCOC[C@H]1CC(C)C. The lowest BCUT2D eigenvalue weighted by Gasteiger charge is -2.37. The molecule has 0 bridgehead atoms. The van der Waals surface area contributed by atoms with E-state index in [0.717, 1.165) is 17.7 Å². The first kappa shape index (κ1) is 16.8. The molecule has 1 fully saturated rings. The van der Waals surface area contributed by atoms with Crippen LogP contribution in [-0.2, 0) is 11.8 Å². The average Bonchev–Trinajstić information content (AvgIpc) is 2.77. The van der Waals surface area contributed by atoms with Crippen LogP contribution >= 0.6 is 0 Å². The van der Waals surface area contributed by atoms with Crippen molar-refractivity contribution in [2.45, 2.75) is 46.2 Å². The highest BCUT2D eigenvalue weighted by Crippen LogP contribution is 2.19. The molecule has 2 heterocycles. The van der Waals surface area contributed by atoms with Crippen molar-refractivity contribution in [3.8, 4) is 0 Å². The molecule has 2 atom stereocenters. The number of morpholine rings is 1. The molecular weight excluding hydrogens is 280 g/mol. The van der Waals surface area contributed by atoms with E-state index in [9.17, 15) is 4.79 Å². The molecule has 22 heavy (non-hydrogen) atoms. The third kappa shape index (κ3) is 4.00. The van der Waals surface area contributed by atoms with Gasteiger partial charge < -0.3 is 15.0 Å². The molecule has 1 aliphatic rings. The van der Waals surface area contributed by atoms with Crippen LogP contribution in [-0.4, -0.2) is 46.5 Å². The van der Waals surface area contributed by atoms with E-state index in [1.54, 1.807) is 4.68 Å². The third-order valence-electron chi connectivity index (χ3n) is 4.09. The van der Waals surface area contributed by atoms with E-state index in [1.165, 1.54) is 0 Å². The third-order valence-corrected chi connectivity index (χ3v) is 4.09. The summed E-state index contributed by atoms with van der Waals surface area (Å²) in [5.41, 5.74) is 2.01. The number of carbonyl (C=O) groups is 1. The molecule has 1 aliphatic heterocycles. The summed E-state index contributed by atoms with van der Waals surface area (Å²) in [6.45, 7) is 10.2. The molecule has 0 radical (unpaired) electrons. The van der Waals surface area contributed by atoms with Crippen LogP contribution in [0.15, 0.2) is 6.20 Å². The predicted octanol–water partition coefficient (Wildman–Crippen LogP) is 2.25. The van der Waals surface area contributed by atoms with Crippen molar-refractivity contribution >= 4 is 6.03 Å². The number of rotatable bonds is 4. The van der Waals surface area contributed by atoms with E-state index in [-0.39, 0.29) is 18.1 Å². The molecule has 124 valence electrons. The number of aromatic nitrogens is 2. The molecule has 0 aliphatic carbocycles. The van der Waals surface area contributed by atoms with Crippen LogP contribution in [0.4, 0.5) is 4.79 Å².